The van der Waals surface area contributed by atoms with Gasteiger partial charge >= 0.3 is 0 Å². The van der Waals surface area contributed by atoms with Crippen LogP contribution in [0.15, 0.2) is 36.4 Å². The van der Waals surface area contributed by atoms with Gasteiger partial charge in [-0.25, -0.2) is 8.78 Å². The quantitative estimate of drug-likeness (QED) is 0.551. The van der Waals surface area contributed by atoms with Crippen LogP contribution < -0.4 is 0 Å². The Morgan fingerprint density at radius 1 is 1.04 bits per heavy atom. The van der Waals surface area contributed by atoms with E-state index in [0.717, 1.165) is 5.56 Å². The molecule has 142 valence electrons. The van der Waals surface area contributed by atoms with Crippen molar-refractivity contribution in [3.05, 3.63) is 65.1 Å². The smallest absolute Gasteiger partial charge is 0.161 e. The summed E-state index contributed by atoms with van der Waals surface area (Å²) in [4.78, 5) is 5.07. The van der Waals surface area contributed by atoms with E-state index in [4.69, 9.17) is 0 Å². The summed E-state index contributed by atoms with van der Waals surface area (Å²) in [6.07, 6.45) is 3.55. The van der Waals surface area contributed by atoms with Crippen molar-refractivity contribution in [3.8, 4) is 11.4 Å². The van der Waals surface area contributed by atoms with Gasteiger partial charge in [0.25, 0.3) is 0 Å². The van der Waals surface area contributed by atoms with Crippen molar-refractivity contribution in [2.24, 2.45) is 0 Å². The number of H-pyrrole nitrogens is 2. The van der Waals surface area contributed by atoms with Crippen LogP contribution >= 0.6 is 0 Å². The van der Waals surface area contributed by atoms with E-state index in [1.54, 1.807) is 24.3 Å². The second kappa shape index (κ2) is 7.32. The van der Waals surface area contributed by atoms with E-state index >= 15 is 0 Å². The zero-order chi connectivity index (χ0) is 19.7. The lowest BCUT2D eigenvalue weighted by molar-refractivity contribution is 0.391. The molecular formula is C20H18F2N6. The first-order valence-corrected chi connectivity index (χ1v) is 8.67. The molecular weight excluding hydrogens is 362 g/mol. The number of hydrogen-bond acceptors (Lipinski definition) is 4. The number of halogens is 2. The topological polar surface area (TPSA) is 73.5 Å². The highest BCUT2D eigenvalue weighted by atomic mass is 19.1. The van der Waals surface area contributed by atoms with Crippen LogP contribution in [0.1, 0.15) is 17.1 Å². The number of benzene rings is 2. The van der Waals surface area contributed by atoms with Crippen LogP contribution in [-0.4, -0.2) is 44.4 Å². The van der Waals surface area contributed by atoms with Gasteiger partial charge in [0.15, 0.2) is 5.82 Å². The molecule has 0 saturated carbocycles. The maximum atomic E-state index is 14.6. The van der Waals surface area contributed by atoms with Gasteiger partial charge in [0, 0.05) is 10.9 Å². The number of rotatable bonds is 5. The highest BCUT2D eigenvalue weighted by Crippen LogP contribution is 2.27. The molecule has 2 aromatic heterocycles. The van der Waals surface area contributed by atoms with Crippen molar-refractivity contribution in [2.75, 3.05) is 14.1 Å². The third-order valence-electron chi connectivity index (χ3n) is 4.23. The Bertz CT molecular complexity index is 1140. The molecule has 4 aromatic rings. The molecule has 0 radical (unpaired) electrons. The molecule has 0 bridgehead atoms. The number of fused-ring (bicyclic) bond motifs is 1. The van der Waals surface area contributed by atoms with Crippen molar-refractivity contribution < 1.29 is 8.78 Å². The Balaban J connectivity index is 1.70. The number of nitrogens with zero attached hydrogens (tertiary/aromatic N) is 4. The van der Waals surface area contributed by atoms with Crippen LogP contribution in [0.3, 0.4) is 0 Å². The molecule has 0 fully saturated rings. The second-order valence-electron chi connectivity index (χ2n) is 6.73. The first-order chi connectivity index (χ1) is 13.5. The monoisotopic (exact) mass is 380 g/mol. The molecule has 2 aromatic carbocycles. The van der Waals surface area contributed by atoms with Crippen LogP contribution in [0.4, 0.5) is 8.78 Å². The molecule has 0 aliphatic carbocycles. The molecule has 2 heterocycles. The van der Waals surface area contributed by atoms with Crippen LogP contribution in [0.5, 0.6) is 0 Å². The van der Waals surface area contributed by atoms with Gasteiger partial charge in [0.1, 0.15) is 23.0 Å². The highest BCUT2D eigenvalue weighted by Gasteiger charge is 2.14. The van der Waals surface area contributed by atoms with E-state index in [0.29, 0.717) is 40.4 Å². The Morgan fingerprint density at radius 2 is 1.82 bits per heavy atom. The molecule has 0 amide bonds. The van der Waals surface area contributed by atoms with E-state index in [1.807, 2.05) is 25.1 Å². The fourth-order valence-corrected chi connectivity index (χ4v) is 2.91. The molecule has 2 N–H and O–H groups in total. The van der Waals surface area contributed by atoms with Crippen LogP contribution in [-0.2, 0) is 6.54 Å². The van der Waals surface area contributed by atoms with E-state index < -0.39 is 5.82 Å². The molecule has 0 saturated heterocycles. The first kappa shape index (κ1) is 18.0. The standard InChI is InChI=1S/C20H18F2N6/c1-28(2)11-18-23-20(27-25-18)13-9-15-17(24-26-19(15)16(22)10-13)8-5-12-3-6-14(21)7-4-12/h3-10H,11H2,1-2H3,(H,24,26)(H,23,25,27). The largest absolute Gasteiger partial charge is 0.324 e. The van der Waals surface area contributed by atoms with Gasteiger partial charge in [0.2, 0.25) is 0 Å². The second-order valence-corrected chi connectivity index (χ2v) is 6.73. The normalized spacial score (nSPS) is 11.9. The predicted octanol–water partition coefficient (Wildman–Crippen LogP) is 3.86. The summed E-state index contributed by atoms with van der Waals surface area (Å²) in [5.41, 5.74) is 2.29. The molecule has 0 atom stereocenters. The molecule has 0 spiro atoms. The minimum atomic E-state index is -0.424. The summed E-state index contributed by atoms with van der Waals surface area (Å²) < 4.78 is 27.6. The third kappa shape index (κ3) is 3.67. The fraction of sp³-hybridized carbons (Fsp3) is 0.150. The van der Waals surface area contributed by atoms with Gasteiger partial charge in [-0.05, 0) is 50.0 Å². The molecule has 0 aliphatic rings. The summed E-state index contributed by atoms with van der Waals surface area (Å²) in [6, 6.07) is 9.30. The van der Waals surface area contributed by atoms with Gasteiger partial charge in [-0.15, -0.1) is 10.2 Å². The van der Waals surface area contributed by atoms with Gasteiger partial charge in [-0.1, -0.05) is 18.2 Å². The lowest BCUT2D eigenvalue weighted by atomic mass is 10.1. The van der Waals surface area contributed by atoms with Crippen LogP contribution in [0.2, 0.25) is 0 Å². The highest BCUT2D eigenvalue weighted by molar-refractivity contribution is 5.92. The lowest BCUT2D eigenvalue weighted by Crippen LogP contribution is -2.11. The SMILES string of the molecule is CN(C)Cc1nnc(-c2cc(F)c3[nH]nc(C=Cc4ccc(F)cc4)c3c2)[nH]1. The molecule has 28 heavy (non-hydrogen) atoms. The Labute approximate surface area is 159 Å². The fourth-order valence-electron chi connectivity index (χ4n) is 2.91. The average molecular weight is 380 g/mol. The number of aromatic nitrogens is 5. The Morgan fingerprint density at radius 3 is 2.57 bits per heavy atom. The summed E-state index contributed by atoms with van der Waals surface area (Å²) in [7, 11) is 3.86. The number of hydrogen-bond donors (Lipinski definition) is 2. The maximum absolute atomic E-state index is 14.6. The maximum Gasteiger partial charge on any atom is 0.161 e. The Kier molecular flexibility index (Phi) is 4.70. The van der Waals surface area contributed by atoms with Gasteiger partial charge < -0.3 is 9.88 Å². The third-order valence-corrected chi connectivity index (χ3v) is 4.23. The summed E-state index contributed by atoms with van der Waals surface area (Å²) >= 11 is 0. The van der Waals surface area contributed by atoms with Crippen molar-refractivity contribution in [1.82, 2.24) is 30.3 Å². The van der Waals surface area contributed by atoms with Gasteiger partial charge in [0.05, 0.1) is 12.2 Å². The molecule has 0 unspecified atom stereocenters. The first-order valence-electron chi connectivity index (χ1n) is 8.67. The van der Waals surface area contributed by atoms with Crippen molar-refractivity contribution in [2.45, 2.75) is 6.54 Å². The van der Waals surface area contributed by atoms with Crippen molar-refractivity contribution in [1.29, 1.82) is 0 Å². The molecule has 8 heteroatoms. The van der Waals surface area contributed by atoms with Crippen LogP contribution in [0.25, 0.3) is 34.4 Å². The van der Waals surface area contributed by atoms with E-state index in [-0.39, 0.29) is 5.82 Å². The average Bonchev–Trinajstić information content (AvgIpc) is 3.28. The minimum absolute atomic E-state index is 0.297. The predicted molar refractivity (Wildman–Crippen MR) is 104 cm³/mol. The molecule has 6 nitrogen and oxygen atoms in total. The van der Waals surface area contributed by atoms with Gasteiger partial charge in [-0.2, -0.15) is 5.10 Å². The summed E-state index contributed by atoms with van der Waals surface area (Å²) in [5, 5.41) is 15.8. The van der Waals surface area contributed by atoms with E-state index in [1.165, 1.54) is 18.2 Å². The van der Waals surface area contributed by atoms with E-state index in [2.05, 4.69) is 25.4 Å². The number of aromatic amines is 2. The minimum Gasteiger partial charge on any atom is -0.324 e. The van der Waals surface area contributed by atoms with E-state index in [9.17, 15) is 8.78 Å². The number of nitrogens with one attached hydrogen (secondary N) is 2. The van der Waals surface area contributed by atoms with Crippen LogP contribution in [0, 0.1) is 11.6 Å². The van der Waals surface area contributed by atoms with Gasteiger partial charge in [-0.3, -0.25) is 5.10 Å². The molecule has 0 aliphatic heterocycles. The zero-order valence-electron chi connectivity index (χ0n) is 15.4. The Hall–Kier alpha value is -3.39. The molecule has 4 rings (SSSR count). The van der Waals surface area contributed by atoms with Crippen molar-refractivity contribution in [3.63, 3.8) is 0 Å². The zero-order valence-corrected chi connectivity index (χ0v) is 15.4. The van der Waals surface area contributed by atoms with Crippen molar-refractivity contribution >= 4 is 23.1 Å². The summed E-state index contributed by atoms with van der Waals surface area (Å²) in [5.74, 6) is 0.471. The summed E-state index contributed by atoms with van der Waals surface area (Å²) in [6.45, 7) is 0.606. The lowest BCUT2D eigenvalue weighted by Gasteiger charge is -2.04.